The first-order chi connectivity index (χ1) is 18.1. The topological polar surface area (TPSA) is 185 Å². The average Bonchev–Trinajstić information content (AvgIpc) is 3.31. The number of rotatable bonds is 4. The lowest BCUT2D eigenvalue weighted by molar-refractivity contribution is -0.153. The third-order valence-corrected chi connectivity index (χ3v) is 8.97. The molecule has 39 heavy (non-hydrogen) atoms. The number of aliphatic hydroxyl groups is 4. The van der Waals surface area contributed by atoms with Gasteiger partial charge in [-0.25, -0.2) is 4.39 Å². The van der Waals surface area contributed by atoms with Gasteiger partial charge in [-0.1, -0.05) is 0 Å². The summed E-state index contributed by atoms with van der Waals surface area (Å²) in [5.74, 6) is -8.37. The van der Waals surface area contributed by atoms with E-state index in [9.17, 15) is 39.9 Å². The van der Waals surface area contributed by atoms with E-state index in [4.69, 9.17) is 5.73 Å². The van der Waals surface area contributed by atoms with Gasteiger partial charge in [0.25, 0.3) is 5.91 Å². The Kier molecular flexibility index (Phi) is 6.00. The summed E-state index contributed by atoms with van der Waals surface area (Å²) < 4.78 is 16.0. The smallest absolute Gasteiger partial charge is 0.255 e. The summed E-state index contributed by atoms with van der Waals surface area (Å²) in [6.07, 6.45) is -0.239. The largest absolute Gasteiger partial charge is 0.508 e. The number of primary amides is 1. The number of benzene rings is 1. The van der Waals surface area contributed by atoms with Crippen molar-refractivity contribution in [1.82, 2.24) is 9.80 Å². The first-order valence-electron chi connectivity index (χ1n) is 12.6. The van der Waals surface area contributed by atoms with E-state index in [1.807, 2.05) is 0 Å². The van der Waals surface area contributed by atoms with Crippen molar-refractivity contribution in [2.24, 2.45) is 17.6 Å². The van der Waals surface area contributed by atoms with Gasteiger partial charge in [-0.3, -0.25) is 24.2 Å². The lowest BCUT2D eigenvalue weighted by Gasteiger charge is -2.50. The number of aliphatic hydroxyl groups excluding tert-OH is 3. The van der Waals surface area contributed by atoms with Crippen LogP contribution in [0.25, 0.3) is 5.76 Å². The van der Waals surface area contributed by atoms with Crippen LogP contribution in [0, 0.1) is 17.7 Å². The van der Waals surface area contributed by atoms with Crippen LogP contribution in [0.5, 0.6) is 5.75 Å². The number of Topliss-reactive ketones (excluding diaryl/α,β-unsaturated/α-hetero) is 2. The number of phenolic OH excluding ortho intramolecular Hbond substituents is 1. The number of halogens is 1. The van der Waals surface area contributed by atoms with Crippen molar-refractivity contribution in [3.63, 3.8) is 0 Å². The average molecular weight is 546 g/mol. The summed E-state index contributed by atoms with van der Waals surface area (Å²) in [5.41, 5.74) is 0.797. The molecule has 1 aliphatic heterocycles. The molecule has 7 N–H and O–H groups in total. The van der Waals surface area contributed by atoms with Gasteiger partial charge in [-0.2, -0.15) is 0 Å². The number of nitrogens with zero attached hydrogens (tertiary/aromatic N) is 2. The maximum absolute atomic E-state index is 16.0. The number of carbonyl (C=O) groups is 3. The summed E-state index contributed by atoms with van der Waals surface area (Å²) >= 11 is 0. The van der Waals surface area contributed by atoms with Gasteiger partial charge in [0.05, 0.1) is 18.2 Å². The third kappa shape index (κ3) is 3.45. The number of ketones is 2. The molecule has 5 rings (SSSR count). The molecular formula is C27H32FN3O8. The van der Waals surface area contributed by atoms with E-state index in [2.05, 4.69) is 0 Å². The molecule has 1 heterocycles. The first-order valence-corrected chi connectivity index (χ1v) is 12.6. The predicted molar refractivity (Wildman–Crippen MR) is 135 cm³/mol. The Bertz CT molecular complexity index is 1410. The van der Waals surface area contributed by atoms with Crippen LogP contribution in [-0.2, 0) is 33.9 Å². The van der Waals surface area contributed by atoms with Gasteiger partial charge >= 0.3 is 0 Å². The molecule has 0 aromatic heterocycles. The maximum atomic E-state index is 16.0. The molecule has 12 heteroatoms. The summed E-state index contributed by atoms with van der Waals surface area (Å²) in [6, 6.07) is -1.21. The number of phenols is 1. The fraction of sp³-hybridized carbons (Fsp3) is 0.519. The van der Waals surface area contributed by atoms with Gasteiger partial charge < -0.3 is 31.3 Å². The summed E-state index contributed by atoms with van der Waals surface area (Å²) in [5, 5.41) is 54.9. The van der Waals surface area contributed by atoms with Crippen molar-refractivity contribution >= 4 is 23.2 Å². The molecule has 0 spiro atoms. The minimum Gasteiger partial charge on any atom is -0.508 e. The van der Waals surface area contributed by atoms with Crippen molar-refractivity contribution < 1.29 is 44.3 Å². The van der Waals surface area contributed by atoms with Gasteiger partial charge in [-0.15, -0.1) is 0 Å². The molecule has 0 radical (unpaired) electrons. The zero-order valence-electron chi connectivity index (χ0n) is 22.1. The zero-order valence-corrected chi connectivity index (χ0v) is 22.1. The number of nitrogens with two attached hydrogens (primary N) is 1. The van der Waals surface area contributed by atoms with Gasteiger partial charge in [0.1, 0.15) is 28.7 Å². The molecule has 4 aliphatic rings. The van der Waals surface area contributed by atoms with Gasteiger partial charge in [0.15, 0.2) is 11.4 Å². The van der Waals surface area contributed by atoms with Crippen LogP contribution in [0.2, 0.25) is 0 Å². The predicted octanol–water partition coefficient (Wildman–Crippen LogP) is 0.190. The fourth-order valence-electron chi connectivity index (χ4n) is 6.74. The second-order valence-corrected chi connectivity index (χ2v) is 11.8. The molecule has 11 nitrogen and oxygen atoms in total. The number of aromatic hydroxyl groups is 1. The molecule has 210 valence electrons. The number of amides is 1. The van der Waals surface area contributed by atoms with Crippen LogP contribution < -0.4 is 5.73 Å². The van der Waals surface area contributed by atoms with Crippen molar-refractivity contribution in [3.05, 3.63) is 45.0 Å². The quantitative estimate of drug-likeness (QED) is 0.285. The molecule has 1 amide bonds. The van der Waals surface area contributed by atoms with Crippen molar-refractivity contribution in [2.45, 2.75) is 57.0 Å². The standard InChI is InChI=1S/C27H32FN3O8/c1-26(2,9-32)31-7-12-13(8-31)20(33)16-11(18(12)28)5-10-6-14-19(30(3)4)22(35)17(25(29)38)24(37)27(14,39)23(36)15(10)21(16)34/h10,14,19,32-34,37,39H,5-9H2,1-4H3,(H2,29,38)/t10-,14-,19-,27-/m0/s1. The fourth-order valence-corrected chi connectivity index (χ4v) is 6.74. The van der Waals surface area contributed by atoms with Crippen LogP contribution in [0.1, 0.15) is 42.5 Å². The molecule has 1 aromatic rings. The Morgan fingerprint density at radius 1 is 1.15 bits per heavy atom. The van der Waals surface area contributed by atoms with Crippen molar-refractivity contribution in [1.29, 1.82) is 0 Å². The Hall–Kier alpha value is -3.32. The molecule has 0 unspecified atom stereocenters. The van der Waals surface area contributed by atoms with Crippen LogP contribution in [-0.4, -0.2) is 90.7 Å². The van der Waals surface area contributed by atoms with E-state index in [0.29, 0.717) is 0 Å². The van der Waals surface area contributed by atoms with Crippen LogP contribution in [0.15, 0.2) is 16.9 Å². The van der Waals surface area contributed by atoms with E-state index in [-0.39, 0.29) is 60.4 Å². The second kappa shape index (κ2) is 8.59. The highest BCUT2D eigenvalue weighted by Crippen LogP contribution is 2.54. The molecular weight excluding hydrogens is 513 g/mol. The van der Waals surface area contributed by atoms with Gasteiger partial charge in [-0.05, 0) is 46.7 Å². The first kappa shape index (κ1) is 27.3. The highest BCUT2D eigenvalue weighted by atomic mass is 19.1. The van der Waals surface area contributed by atoms with E-state index in [1.54, 1.807) is 18.7 Å². The highest BCUT2D eigenvalue weighted by molar-refractivity contribution is 6.24. The van der Waals surface area contributed by atoms with Crippen molar-refractivity contribution in [3.8, 4) is 5.75 Å². The highest BCUT2D eigenvalue weighted by Gasteiger charge is 2.64. The summed E-state index contributed by atoms with van der Waals surface area (Å²) in [7, 11) is 3.02. The lowest BCUT2D eigenvalue weighted by Crippen LogP contribution is -2.65. The summed E-state index contributed by atoms with van der Waals surface area (Å²) in [6.45, 7) is 3.52. The van der Waals surface area contributed by atoms with Crippen molar-refractivity contribution in [2.75, 3.05) is 20.7 Å². The van der Waals surface area contributed by atoms with Gasteiger partial charge in [0, 0.05) is 46.8 Å². The van der Waals surface area contributed by atoms with E-state index in [0.717, 1.165) is 0 Å². The molecule has 0 bridgehead atoms. The second-order valence-electron chi connectivity index (χ2n) is 11.8. The number of fused-ring (bicyclic) bond motifs is 4. The Morgan fingerprint density at radius 2 is 1.77 bits per heavy atom. The van der Waals surface area contributed by atoms with E-state index < -0.39 is 75.1 Å². The maximum Gasteiger partial charge on any atom is 0.255 e. The minimum absolute atomic E-state index is 0.000484. The molecule has 3 aliphatic carbocycles. The molecule has 1 aromatic carbocycles. The monoisotopic (exact) mass is 545 g/mol. The normalized spacial score (nSPS) is 29.0. The number of likely N-dealkylation sites (N-methyl/N-ethyl adjacent to an activating group) is 1. The number of hydrogen-bond acceptors (Lipinski definition) is 10. The number of carbonyl (C=O) groups excluding carboxylic acids is 3. The molecule has 4 atom stereocenters. The van der Waals surface area contributed by atoms with Gasteiger partial charge in [0.2, 0.25) is 5.78 Å². The van der Waals surface area contributed by atoms with E-state index >= 15 is 4.39 Å². The zero-order chi connectivity index (χ0) is 28.9. The lowest BCUT2D eigenvalue weighted by atomic mass is 9.57. The molecule has 1 fully saturated rings. The molecule has 0 saturated heterocycles. The Labute approximate surface area is 223 Å². The SMILES string of the molecule is CN(C)[C@@H]1C(=O)C(C(N)=O)=C(O)[C@@]2(O)C(=O)C3=C(O)c4c(O)c5c(c(F)c4C[C@H]3C[C@@H]12)CN(C(C)(C)CO)C5. The van der Waals surface area contributed by atoms with E-state index in [1.165, 1.54) is 19.0 Å². The minimum atomic E-state index is -2.75. The summed E-state index contributed by atoms with van der Waals surface area (Å²) in [4.78, 5) is 42.3. The van der Waals surface area contributed by atoms with Crippen LogP contribution >= 0.6 is 0 Å². The molecule has 1 saturated carbocycles. The van der Waals surface area contributed by atoms with Crippen LogP contribution in [0.4, 0.5) is 4.39 Å². The third-order valence-electron chi connectivity index (χ3n) is 8.97. The Balaban J connectivity index is 1.70. The Morgan fingerprint density at radius 3 is 2.33 bits per heavy atom. The number of hydrogen-bond donors (Lipinski definition) is 6. The van der Waals surface area contributed by atoms with Crippen LogP contribution in [0.3, 0.4) is 0 Å².